The van der Waals surface area contributed by atoms with E-state index in [0.29, 0.717) is 39.7 Å². The van der Waals surface area contributed by atoms with Crippen LogP contribution >= 0.6 is 0 Å². The van der Waals surface area contributed by atoms with Crippen LogP contribution in [0.3, 0.4) is 0 Å². The van der Waals surface area contributed by atoms with Crippen LogP contribution in [0.4, 0.5) is 0 Å². The number of phenolic OH excluding ortho intramolecular Hbond substituents is 1. The lowest BCUT2D eigenvalue weighted by molar-refractivity contribution is -0.271. The molecule has 0 spiro atoms. The van der Waals surface area contributed by atoms with E-state index in [0.717, 1.165) is 5.56 Å². The summed E-state index contributed by atoms with van der Waals surface area (Å²) in [5.74, 6) is 0.308. The van der Waals surface area contributed by atoms with E-state index >= 15 is 0 Å². The van der Waals surface area contributed by atoms with Crippen molar-refractivity contribution in [3.63, 3.8) is 0 Å². The Bertz CT molecular complexity index is 1490. The van der Waals surface area contributed by atoms with Crippen LogP contribution in [0, 0.1) is 0 Å². The van der Waals surface area contributed by atoms with Crippen LogP contribution in [0.15, 0.2) is 48.5 Å². The third-order valence-electron chi connectivity index (χ3n) is 7.58. The highest BCUT2D eigenvalue weighted by atomic mass is 16.7. The number of phenols is 1. The van der Waals surface area contributed by atoms with E-state index in [1.165, 1.54) is 20.3 Å². The van der Waals surface area contributed by atoms with Crippen molar-refractivity contribution in [2.75, 3.05) is 20.8 Å². The lowest BCUT2D eigenvalue weighted by Crippen LogP contribution is -2.61. The normalized spacial score (nSPS) is 27.9. The smallest absolute Gasteiger partial charge is 0.335 e. The molecule has 12 heteroatoms. The molecule has 0 bridgehead atoms. The van der Waals surface area contributed by atoms with Gasteiger partial charge >= 0.3 is 5.97 Å². The molecule has 0 radical (unpaired) electrons. The van der Waals surface area contributed by atoms with Gasteiger partial charge in [-0.2, -0.15) is 0 Å². The summed E-state index contributed by atoms with van der Waals surface area (Å²) >= 11 is 0. The van der Waals surface area contributed by atoms with Crippen LogP contribution in [0.5, 0.6) is 34.5 Å². The summed E-state index contributed by atoms with van der Waals surface area (Å²) < 4.78 is 34.9. The molecular formula is C29H28O12. The van der Waals surface area contributed by atoms with Gasteiger partial charge < -0.3 is 54.0 Å². The average molecular weight is 569 g/mol. The van der Waals surface area contributed by atoms with E-state index in [-0.39, 0.29) is 24.0 Å². The minimum absolute atomic E-state index is 0.0188. The molecular weight excluding hydrogens is 540 g/mol. The largest absolute Gasteiger partial charge is 0.508 e. The highest BCUT2D eigenvalue weighted by Crippen LogP contribution is 2.58. The number of carbonyl (C=O) groups is 1. The number of aliphatic hydroxyl groups excluding tert-OH is 3. The molecule has 0 aromatic heterocycles. The molecule has 1 fully saturated rings. The monoisotopic (exact) mass is 568 g/mol. The fraction of sp³-hybridized carbons (Fsp3) is 0.345. The van der Waals surface area contributed by atoms with Crippen molar-refractivity contribution in [1.82, 2.24) is 0 Å². The van der Waals surface area contributed by atoms with Crippen LogP contribution < -0.4 is 23.7 Å². The summed E-state index contributed by atoms with van der Waals surface area (Å²) in [6.45, 7) is 0.248. The maximum absolute atomic E-state index is 11.6. The Morgan fingerprint density at radius 1 is 0.976 bits per heavy atom. The molecule has 0 aliphatic carbocycles. The predicted octanol–water partition coefficient (Wildman–Crippen LogP) is 1.96. The predicted molar refractivity (Wildman–Crippen MR) is 140 cm³/mol. The Balaban J connectivity index is 1.43. The summed E-state index contributed by atoms with van der Waals surface area (Å²) in [7, 11) is 3.07. The van der Waals surface area contributed by atoms with Gasteiger partial charge in [0.1, 0.15) is 41.7 Å². The highest BCUT2D eigenvalue weighted by molar-refractivity contribution is 5.76. The average Bonchev–Trinajstić information content (AvgIpc) is 3.35. The fourth-order valence-electron chi connectivity index (χ4n) is 5.59. The summed E-state index contributed by atoms with van der Waals surface area (Å²) in [4.78, 5) is 11.6. The van der Waals surface area contributed by atoms with Gasteiger partial charge in [-0.3, -0.25) is 0 Å². The van der Waals surface area contributed by atoms with Crippen molar-refractivity contribution in [2.24, 2.45) is 0 Å². The van der Waals surface area contributed by atoms with Crippen molar-refractivity contribution >= 4 is 5.97 Å². The number of methoxy groups -OCH3 is 2. The molecule has 12 nitrogen and oxygen atoms in total. The van der Waals surface area contributed by atoms with Gasteiger partial charge in [0, 0.05) is 17.2 Å². The number of fused-ring (bicyclic) bond motifs is 5. The fourth-order valence-corrected chi connectivity index (χ4v) is 5.59. The van der Waals surface area contributed by atoms with Gasteiger partial charge in [0.2, 0.25) is 12.0 Å². The first-order chi connectivity index (χ1) is 19.7. The molecule has 1 saturated heterocycles. The summed E-state index contributed by atoms with van der Waals surface area (Å²) in [6, 6.07) is 13.4. The van der Waals surface area contributed by atoms with Crippen LogP contribution in [-0.2, 0) is 9.53 Å². The second-order valence-electron chi connectivity index (χ2n) is 9.96. The van der Waals surface area contributed by atoms with E-state index in [1.54, 1.807) is 36.4 Å². The Kier molecular flexibility index (Phi) is 6.78. The second kappa shape index (κ2) is 10.3. The topological polar surface area (TPSA) is 174 Å². The van der Waals surface area contributed by atoms with E-state index in [2.05, 4.69) is 0 Å². The number of rotatable bonds is 6. The van der Waals surface area contributed by atoms with Crippen LogP contribution in [0.1, 0.15) is 23.1 Å². The molecule has 3 aliphatic rings. The van der Waals surface area contributed by atoms with Gasteiger partial charge in [-0.05, 0) is 35.4 Å². The van der Waals surface area contributed by atoms with Crippen molar-refractivity contribution in [3.8, 4) is 45.6 Å². The number of carboxylic acid groups (broad SMARTS) is 1. The number of hydrogen-bond acceptors (Lipinski definition) is 11. The van der Waals surface area contributed by atoms with Crippen molar-refractivity contribution in [2.45, 2.75) is 42.7 Å². The molecule has 5 N–H and O–H groups in total. The molecule has 216 valence electrons. The van der Waals surface area contributed by atoms with Gasteiger partial charge in [0.15, 0.2) is 17.6 Å². The first-order valence-electron chi connectivity index (χ1n) is 12.8. The lowest BCUT2D eigenvalue weighted by atomic mass is 9.85. The Morgan fingerprint density at radius 3 is 2.49 bits per heavy atom. The molecule has 6 rings (SSSR count). The molecule has 7 unspecified atom stereocenters. The number of benzene rings is 3. The molecule has 0 saturated carbocycles. The second-order valence-corrected chi connectivity index (χ2v) is 9.96. The minimum atomic E-state index is -1.86. The maximum atomic E-state index is 11.6. The Labute approximate surface area is 233 Å². The zero-order chi connectivity index (χ0) is 29.0. The Hall–Kier alpha value is -4.23. The van der Waals surface area contributed by atoms with E-state index in [9.17, 15) is 30.3 Å². The molecule has 0 amide bonds. The number of ether oxygens (including phenoxy) is 6. The van der Waals surface area contributed by atoms with Crippen molar-refractivity contribution < 1.29 is 58.7 Å². The van der Waals surface area contributed by atoms with E-state index in [1.807, 2.05) is 6.07 Å². The first-order valence-corrected chi connectivity index (χ1v) is 12.8. The zero-order valence-electron chi connectivity index (χ0n) is 22.0. The first kappa shape index (κ1) is 27.0. The summed E-state index contributed by atoms with van der Waals surface area (Å²) in [6.07, 6.45) is -9.38. The van der Waals surface area contributed by atoms with Crippen LogP contribution in [-0.4, -0.2) is 83.0 Å². The van der Waals surface area contributed by atoms with E-state index in [4.69, 9.17) is 28.4 Å². The standard InChI is InChI=1S/C29H28O12/c1-36-18-7-6-15-17-11-38-19-10-14(39-29-23(33)21(31)22(32)27(41-29)28(34)35)9-16(12-4-3-5-13(30)8-12)20(19)24(17)40-25(15)26(18)37-2/h3-10,17,21-24,27,29-33H,11H2,1-2H3,(H,34,35). The number of hydrogen-bond donors (Lipinski definition) is 5. The highest BCUT2D eigenvalue weighted by Gasteiger charge is 2.49. The van der Waals surface area contributed by atoms with Gasteiger partial charge in [0.05, 0.1) is 26.7 Å². The molecule has 3 aliphatic heterocycles. The number of aromatic hydroxyl groups is 1. The van der Waals surface area contributed by atoms with Gasteiger partial charge in [0.25, 0.3) is 0 Å². The molecule has 3 aromatic rings. The molecule has 41 heavy (non-hydrogen) atoms. The molecule has 7 atom stereocenters. The Morgan fingerprint density at radius 2 is 1.78 bits per heavy atom. The lowest BCUT2D eigenvalue weighted by Gasteiger charge is -2.38. The van der Waals surface area contributed by atoms with Crippen molar-refractivity contribution in [3.05, 3.63) is 59.7 Å². The maximum Gasteiger partial charge on any atom is 0.335 e. The zero-order valence-corrected chi connectivity index (χ0v) is 22.0. The molecule has 3 aromatic carbocycles. The van der Waals surface area contributed by atoms with Gasteiger partial charge in [-0.25, -0.2) is 4.79 Å². The molecule has 3 heterocycles. The third kappa shape index (κ3) is 4.45. The van der Waals surface area contributed by atoms with Crippen molar-refractivity contribution in [1.29, 1.82) is 0 Å². The summed E-state index contributed by atoms with van der Waals surface area (Å²) in [5, 5.41) is 50.4. The third-order valence-corrected chi connectivity index (χ3v) is 7.58. The quantitative estimate of drug-likeness (QED) is 0.293. The van der Waals surface area contributed by atoms with E-state index < -0.39 is 42.8 Å². The van der Waals surface area contributed by atoms with Gasteiger partial charge in [-0.1, -0.05) is 18.2 Å². The van der Waals surface area contributed by atoms with Gasteiger partial charge in [-0.15, -0.1) is 0 Å². The summed E-state index contributed by atoms with van der Waals surface area (Å²) in [5.41, 5.74) is 2.72. The van der Waals surface area contributed by atoms with Crippen LogP contribution in [0.25, 0.3) is 11.1 Å². The SMILES string of the molecule is COc1ccc2c(c1OC)OC1c3c(cc(OC4OC(C(=O)O)C(O)C(O)C4O)cc3-c3cccc(O)c3)OCC21. The number of aliphatic carboxylic acids is 1. The number of aliphatic hydroxyl groups is 3. The van der Waals surface area contributed by atoms with Crippen LogP contribution in [0.2, 0.25) is 0 Å². The minimum Gasteiger partial charge on any atom is -0.508 e. The number of carboxylic acids is 1.